The van der Waals surface area contributed by atoms with E-state index >= 15 is 0 Å². The molecule has 0 aromatic carbocycles. The summed E-state index contributed by atoms with van der Waals surface area (Å²) in [4.78, 5) is 0. The van der Waals surface area contributed by atoms with Crippen LogP contribution in [0.25, 0.3) is 5.65 Å². The van der Waals surface area contributed by atoms with E-state index in [1.165, 1.54) is 4.40 Å². The van der Waals surface area contributed by atoms with Crippen molar-refractivity contribution in [3.8, 4) is 0 Å². The van der Waals surface area contributed by atoms with Crippen LogP contribution in [-0.2, 0) is 12.6 Å². The van der Waals surface area contributed by atoms with Gasteiger partial charge >= 0.3 is 6.18 Å². The highest BCUT2D eigenvalue weighted by atomic mass is 35.5. The first-order valence-corrected chi connectivity index (χ1v) is 5.41. The van der Waals surface area contributed by atoms with Crippen molar-refractivity contribution in [1.82, 2.24) is 14.6 Å². The summed E-state index contributed by atoms with van der Waals surface area (Å²) in [6.45, 7) is 1.91. The number of aromatic nitrogens is 3. The van der Waals surface area contributed by atoms with E-state index in [9.17, 15) is 13.2 Å². The smallest absolute Gasteiger partial charge is 0.285 e. The van der Waals surface area contributed by atoms with Gasteiger partial charge in [0.05, 0.1) is 10.6 Å². The van der Waals surface area contributed by atoms with Crippen LogP contribution in [0.4, 0.5) is 13.2 Å². The molecule has 0 bridgehead atoms. The summed E-state index contributed by atoms with van der Waals surface area (Å²) in [5.74, 6) is 0.482. The van der Waals surface area contributed by atoms with Gasteiger partial charge in [0.2, 0.25) is 0 Å². The van der Waals surface area contributed by atoms with Crippen LogP contribution in [0.1, 0.15) is 24.7 Å². The van der Waals surface area contributed by atoms with E-state index in [1.807, 2.05) is 6.92 Å². The molecule has 0 saturated carbocycles. The molecule has 0 amide bonds. The molecule has 0 aliphatic carbocycles. The fraction of sp³-hybridized carbons (Fsp3) is 0.400. The molecule has 0 unspecified atom stereocenters. The van der Waals surface area contributed by atoms with E-state index in [0.29, 0.717) is 12.2 Å². The van der Waals surface area contributed by atoms with Crippen molar-refractivity contribution >= 4 is 17.2 Å². The molecule has 2 rings (SSSR count). The van der Waals surface area contributed by atoms with Crippen molar-refractivity contribution in [3.63, 3.8) is 0 Å². The number of hydrogen-bond acceptors (Lipinski definition) is 2. The van der Waals surface area contributed by atoms with Crippen LogP contribution >= 0.6 is 11.6 Å². The molecule has 7 heteroatoms. The molecule has 0 aliphatic rings. The maximum Gasteiger partial charge on any atom is 0.417 e. The number of aryl methyl sites for hydroxylation is 1. The Bertz CT molecular complexity index is 547. The van der Waals surface area contributed by atoms with E-state index in [0.717, 1.165) is 18.7 Å². The van der Waals surface area contributed by atoms with E-state index < -0.39 is 11.7 Å². The molecule has 0 radical (unpaired) electrons. The highest BCUT2D eigenvalue weighted by Crippen LogP contribution is 2.32. The number of alkyl halides is 3. The highest BCUT2D eigenvalue weighted by molar-refractivity contribution is 6.33. The summed E-state index contributed by atoms with van der Waals surface area (Å²) in [6.07, 6.45) is -2.12. The zero-order valence-corrected chi connectivity index (χ0v) is 9.68. The second-order valence-corrected chi connectivity index (χ2v) is 4.04. The van der Waals surface area contributed by atoms with Gasteiger partial charge in [0.25, 0.3) is 0 Å². The van der Waals surface area contributed by atoms with Gasteiger partial charge in [-0.2, -0.15) is 13.2 Å². The third-order valence-corrected chi connectivity index (χ3v) is 2.61. The molecule has 2 aromatic heterocycles. The largest absolute Gasteiger partial charge is 0.417 e. The molecule has 0 N–H and O–H groups in total. The van der Waals surface area contributed by atoms with Gasteiger partial charge in [-0.05, 0) is 12.5 Å². The second kappa shape index (κ2) is 4.18. The fourth-order valence-electron chi connectivity index (χ4n) is 1.55. The first kappa shape index (κ1) is 12.2. The molecule has 0 saturated heterocycles. The number of halogens is 4. The summed E-state index contributed by atoms with van der Waals surface area (Å²) < 4.78 is 39.1. The quantitative estimate of drug-likeness (QED) is 0.832. The summed E-state index contributed by atoms with van der Waals surface area (Å²) in [6, 6.07) is 0.862. The highest BCUT2D eigenvalue weighted by Gasteiger charge is 2.32. The van der Waals surface area contributed by atoms with Crippen LogP contribution < -0.4 is 0 Å². The molecule has 92 valence electrons. The number of fused-ring (bicyclic) bond motifs is 1. The van der Waals surface area contributed by atoms with E-state index in [2.05, 4.69) is 10.2 Å². The Labute approximate surface area is 100 Å². The standard InChI is InChI=1S/C10H9ClF3N3/c1-2-3-8-15-16-9-7(11)4-6(5-17(8)9)10(12,13)14/h4-5H,2-3H2,1H3. The molecule has 17 heavy (non-hydrogen) atoms. The monoisotopic (exact) mass is 263 g/mol. The predicted molar refractivity (Wildman–Crippen MR) is 57.0 cm³/mol. The Morgan fingerprint density at radius 3 is 2.65 bits per heavy atom. The third-order valence-electron chi connectivity index (χ3n) is 2.33. The molecule has 0 atom stereocenters. The zero-order chi connectivity index (χ0) is 12.6. The van der Waals surface area contributed by atoms with Crippen LogP contribution in [0.5, 0.6) is 0 Å². The Kier molecular flexibility index (Phi) is 2.99. The predicted octanol–water partition coefficient (Wildman–Crippen LogP) is 3.35. The van der Waals surface area contributed by atoms with Crippen LogP contribution in [-0.4, -0.2) is 14.6 Å². The van der Waals surface area contributed by atoms with Crippen molar-refractivity contribution < 1.29 is 13.2 Å². The average Bonchev–Trinajstić information content (AvgIpc) is 2.61. The lowest BCUT2D eigenvalue weighted by Gasteiger charge is -2.08. The lowest BCUT2D eigenvalue weighted by atomic mass is 10.2. The maximum atomic E-state index is 12.6. The van der Waals surface area contributed by atoms with Gasteiger partial charge in [-0.3, -0.25) is 4.40 Å². The van der Waals surface area contributed by atoms with E-state index in [-0.39, 0.29) is 10.7 Å². The van der Waals surface area contributed by atoms with Gasteiger partial charge < -0.3 is 0 Å². The van der Waals surface area contributed by atoms with Crippen molar-refractivity contribution in [3.05, 3.63) is 28.7 Å². The van der Waals surface area contributed by atoms with Crippen LogP contribution in [0.15, 0.2) is 12.3 Å². The maximum absolute atomic E-state index is 12.6. The van der Waals surface area contributed by atoms with Crippen LogP contribution in [0.3, 0.4) is 0 Å². The second-order valence-electron chi connectivity index (χ2n) is 3.63. The summed E-state index contributed by atoms with van der Waals surface area (Å²) in [7, 11) is 0. The van der Waals surface area contributed by atoms with Gasteiger partial charge in [-0.15, -0.1) is 10.2 Å². The first-order valence-electron chi connectivity index (χ1n) is 5.04. The minimum atomic E-state index is -4.43. The van der Waals surface area contributed by atoms with Crippen molar-refractivity contribution in [2.75, 3.05) is 0 Å². The van der Waals surface area contributed by atoms with Gasteiger partial charge in [0, 0.05) is 12.6 Å². The molecule has 2 heterocycles. The molecule has 3 nitrogen and oxygen atoms in total. The Morgan fingerprint density at radius 2 is 2.06 bits per heavy atom. The van der Waals surface area contributed by atoms with Gasteiger partial charge in [0.15, 0.2) is 5.65 Å². The first-order chi connectivity index (χ1) is 7.93. The summed E-state index contributed by atoms with van der Waals surface area (Å²) in [5, 5.41) is 7.56. The molecule has 2 aromatic rings. The van der Waals surface area contributed by atoms with Crippen molar-refractivity contribution in [2.24, 2.45) is 0 Å². The number of pyridine rings is 1. The van der Waals surface area contributed by atoms with E-state index in [4.69, 9.17) is 11.6 Å². The molecule has 0 aliphatic heterocycles. The zero-order valence-electron chi connectivity index (χ0n) is 8.92. The minimum absolute atomic E-state index is 0.0466. The fourth-order valence-corrected chi connectivity index (χ4v) is 1.80. The number of rotatable bonds is 2. The summed E-state index contributed by atoms with van der Waals surface area (Å²) >= 11 is 5.76. The Morgan fingerprint density at radius 1 is 1.35 bits per heavy atom. The molecular formula is C10H9ClF3N3. The van der Waals surface area contributed by atoms with Gasteiger partial charge in [-0.1, -0.05) is 18.5 Å². The lowest BCUT2D eigenvalue weighted by molar-refractivity contribution is -0.137. The third kappa shape index (κ3) is 2.22. The lowest BCUT2D eigenvalue weighted by Crippen LogP contribution is -2.07. The SMILES string of the molecule is CCCc1nnc2c(Cl)cc(C(F)(F)F)cn12. The van der Waals surface area contributed by atoms with Crippen molar-refractivity contribution in [1.29, 1.82) is 0 Å². The normalized spacial score (nSPS) is 12.3. The van der Waals surface area contributed by atoms with Crippen LogP contribution in [0.2, 0.25) is 5.02 Å². The molecule has 0 fully saturated rings. The minimum Gasteiger partial charge on any atom is -0.285 e. The molecular weight excluding hydrogens is 255 g/mol. The Hall–Kier alpha value is -1.30. The average molecular weight is 264 g/mol. The van der Waals surface area contributed by atoms with Gasteiger partial charge in [0.1, 0.15) is 5.82 Å². The number of hydrogen-bond donors (Lipinski definition) is 0. The van der Waals surface area contributed by atoms with Crippen LogP contribution in [0, 0.1) is 0 Å². The summed E-state index contributed by atoms with van der Waals surface area (Å²) in [5.41, 5.74) is -0.546. The number of nitrogens with zero attached hydrogens (tertiary/aromatic N) is 3. The van der Waals surface area contributed by atoms with E-state index in [1.54, 1.807) is 0 Å². The Balaban J connectivity index is 2.65. The van der Waals surface area contributed by atoms with Gasteiger partial charge in [-0.25, -0.2) is 0 Å². The van der Waals surface area contributed by atoms with Crippen molar-refractivity contribution in [2.45, 2.75) is 25.9 Å². The topological polar surface area (TPSA) is 30.2 Å². The molecule has 0 spiro atoms.